The van der Waals surface area contributed by atoms with Gasteiger partial charge in [0.2, 0.25) is 5.95 Å². The van der Waals surface area contributed by atoms with Crippen molar-refractivity contribution in [2.45, 2.75) is 18.6 Å². The van der Waals surface area contributed by atoms with Crippen molar-refractivity contribution in [3.05, 3.63) is 36.0 Å². The Morgan fingerprint density at radius 3 is 2.64 bits per heavy atom. The fraction of sp³-hybridized carbons (Fsp3) is 0.412. The lowest BCUT2D eigenvalue weighted by Crippen LogP contribution is -2.41. The van der Waals surface area contributed by atoms with Gasteiger partial charge in [0.15, 0.2) is 5.69 Å². The van der Waals surface area contributed by atoms with Crippen molar-refractivity contribution >= 4 is 23.6 Å². The molecule has 0 aromatic carbocycles. The van der Waals surface area contributed by atoms with Crippen molar-refractivity contribution < 1.29 is 19.1 Å². The third-order valence-electron chi connectivity index (χ3n) is 4.29. The Bertz CT molecular complexity index is 862. The van der Waals surface area contributed by atoms with Crippen LogP contribution in [0.4, 0.5) is 16.2 Å². The lowest BCUT2D eigenvalue weighted by molar-refractivity contribution is 0.0689. The Labute approximate surface area is 160 Å². The van der Waals surface area contributed by atoms with Gasteiger partial charge >= 0.3 is 5.97 Å². The van der Waals surface area contributed by atoms with E-state index in [-0.39, 0.29) is 36.9 Å². The summed E-state index contributed by atoms with van der Waals surface area (Å²) in [5, 5.41) is 11.5. The molecule has 3 heterocycles. The number of amides is 1. The Hall–Kier alpha value is -3.37. The highest BCUT2D eigenvalue weighted by molar-refractivity contribution is 5.92. The number of carbonyl (C=O) groups is 2. The third kappa shape index (κ3) is 4.30. The number of hydrogen-bond donors (Lipinski definition) is 2. The summed E-state index contributed by atoms with van der Waals surface area (Å²) in [6.07, 6.45) is 2.94. The summed E-state index contributed by atoms with van der Waals surface area (Å²) in [5.74, 6) is -0.638. The topological polar surface area (TPSA) is 124 Å². The number of aromatic nitrogens is 4. The molecule has 11 heteroatoms. The first kappa shape index (κ1) is 19.4. The largest absolute Gasteiger partial charge is 0.476 e. The van der Waals surface area contributed by atoms with E-state index in [4.69, 9.17) is 5.11 Å². The fourth-order valence-electron chi connectivity index (χ4n) is 2.91. The monoisotopic (exact) mass is 389 g/mol. The second kappa shape index (κ2) is 8.11. The maximum atomic E-state index is 14.0. The van der Waals surface area contributed by atoms with E-state index in [1.54, 1.807) is 22.1 Å². The van der Waals surface area contributed by atoms with Gasteiger partial charge in [0, 0.05) is 33.3 Å². The van der Waals surface area contributed by atoms with Crippen LogP contribution in [0, 0.1) is 0 Å². The molecular formula is C17H20FN7O3. The fourth-order valence-corrected chi connectivity index (χ4v) is 2.91. The predicted octanol–water partition coefficient (Wildman–Crippen LogP) is 0.378. The number of rotatable bonds is 6. The molecule has 2 atom stereocenters. The van der Waals surface area contributed by atoms with Crippen molar-refractivity contribution in [1.29, 1.82) is 0 Å². The zero-order chi connectivity index (χ0) is 20.3. The SMILES string of the molecule is CN(C)c1nccc(N2C[C@@H](F)C[C@H]2CNC(=O)c2cnc(C(=O)O)cn2)n1. The van der Waals surface area contributed by atoms with Gasteiger partial charge in [-0.3, -0.25) is 4.79 Å². The lowest BCUT2D eigenvalue weighted by Gasteiger charge is -2.26. The van der Waals surface area contributed by atoms with Crippen LogP contribution in [-0.2, 0) is 0 Å². The van der Waals surface area contributed by atoms with E-state index in [1.807, 2.05) is 14.1 Å². The zero-order valence-electron chi connectivity index (χ0n) is 15.4. The van der Waals surface area contributed by atoms with Crippen LogP contribution < -0.4 is 15.1 Å². The van der Waals surface area contributed by atoms with Crippen molar-refractivity contribution in [3.8, 4) is 0 Å². The van der Waals surface area contributed by atoms with Crippen molar-refractivity contribution in [1.82, 2.24) is 25.3 Å². The number of halogens is 1. The number of anilines is 2. The molecule has 2 aromatic rings. The van der Waals surface area contributed by atoms with Gasteiger partial charge in [-0.1, -0.05) is 0 Å². The van der Waals surface area contributed by atoms with Gasteiger partial charge in [0.05, 0.1) is 25.0 Å². The lowest BCUT2D eigenvalue weighted by atomic mass is 10.2. The predicted molar refractivity (Wildman–Crippen MR) is 98.3 cm³/mol. The Balaban J connectivity index is 1.67. The molecule has 0 saturated carbocycles. The van der Waals surface area contributed by atoms with Gasteiger partial charge in [0.25, 0.3) is 5.91 Å². The maximum absolute atomic E-state index is 14.0. The molecule has 148 valence electrons. The van der Waals surface area contributed by atoms with Gasteiger partial charge in [-0.25, -0.2) is 24.1 Å². The summed E-state index contributed by atoms with van der Waals surface area (Å²) in [4.78, 5) is 42.6. The molecule has 0 radical (unpaired) electrons. The van der Waals surface area contributed by atoms with Crippen LogP contribution in [0.3, 0.4) is 0 Å². The second-order valence-corrected chi connectivity index (χ2v) is 6.55. The normalized spacial score (nSPS) is 18.8. The van der Waals surface area contributed by atoms with E-state index in [1.165, 1.54) is 0 Å². The first-order chi connectivity index (χ1) is 13.3. The minimum atomic E-state index is -1.23. The molecule has 2 N–H and O–H groups in total. The van der Waals surface area contributed by atoms with Crippen LogP contribution in [0.25, 0.3) is 0 Å². The Kier molecular flexibility index (Phi) is 5.62. The third-order valence-corrected chi connectivity index (χ3v) is 4.29. The molecule has 0 unspecified atom stereocenters. The highest BCUT2D eigenvalue weighted by atomic mass is 19.1. The second-order valence-electron chi connectivity index (χ2n) is 6.55. The van der Waals surface area contributed by atoms with Gasteiger partial charge in [-0.05, 0) is 6.07 Å². The molecule has 28 heavy (non-hydrogen) atoms. The van der Waals surface area contributed by atoms with Crippen LogP contribution in [0.1, 0.15) is 27.4 Å². The Morgan fingerprint density at radius 2 is 2.00 bits per heavy atom. The number of carboxylic acid groups (broad SMARTS) is 1. The number of aromatic carboxylic acids is 1. The average Bonchev–Trinajstić information content (AvgIpc) is 3.07. The van der Waals surface area contributed by atoms with Gasteiger partial charge < -0.3 is 20.2 Å². The first-order valence-corrected chi connectivity index (χ1v) is 8.59. The van der Waals surface area contributed by atoms with E-state index in [9.17, 15) is 14.0 Å². The smallest absolute Gasteiger partial charge is 0.356 e. The van der Waals surface area contributed by atoms with E-state index in [0.717, 1.165) is 12.4 Å². The van der Waals surface area contributed by atoms with Gasteiger partial charge in [-0.15, -0.1) is 0 Å². The summed E-state index contributed by atoms with van der Waals surface area (Å²) in [6.45, 7) is 0.362. The van der Waals surface area contributed by atoms with E-state index in [2.05, 4.69) is 25.3 Å². The number of alkyl halides is 1. The molecule has 2 aromatic heterocycles. The van der Waals surface area contributed by atoms with Crippen molar-refractivity contribution in [2.24, 2.45) is 0 Å². The quantitative estimate of drug-likeness (QED) is 0.721. The molecule has 1 aliphatic rings. The van der Waals surface area contributed by atoms with Crippen LogP contribution in [0.2, 0.25) is 0 Å². The van der Waals surface area contributed by atoms with Crippen molar-refractivity contribution in [2.75, 3.05) is 37.0 Å². The van der Waals surface area contributed by atoms with Crippen LogP contribution in [0.5, 0.6) is 0 Å². The van der Waals surface area contributed by atoms with Gasteiger partial charge in [-0.2, -0.15) is 4.98 Å². The molecule has 0 bridgehead atoms. The molecule has 1 aliphatic heterocycles. The summed E-state index contributed by atoms with van der Waals surface area (Å²) >= 11 is 0. The number of hydrogen-bond acceptors (Lipinski definition) is 8. The van der Waals surface area contributed by atoms with Gasteiger partial charge in [0.1, 0.15) is 17.7 Å². The molecule has 1 fully saturated rings. The maximum Gasteiger partial charge on any atom is 0.356 e. The molecule has 0 aliphatic carbocycles. The van der Waals surface area contributed by atoms with Crippen LogP contribution in [-0.4, -0.2) is 76.3 Å². The highest BCUT2D eigenvalue weighted by Crippen LogP contribution is 2.26. The summed E-state index contributed by atoms with van der Waals surface area (Å²) in [5.41, 5.74) is -0.262. The highest BCUT2D eigenvalue weighted by Gasteiger charge is 2.33. The summed E-state index contributed by atoms with van der Waals surface area (Å²) in [6, 6.07) is 1.42. The molecular weight excluding hydrogens is 369 g/mol. The standard InChI is InChI=1S/C17H20FN7O3/c1-24(2)17-19-4-3-14(23-17)25-9-10(18)5-11(25)6-22-15(26)12-7-21-13(8-20-12)16(27)28/h3-4,7-8,10-11H,5-6,9H2,1-2H3,(H,22,26)(H,27,28)/t10-,11-/m0/s1. The number of carboxylic acids is 1. The Morgan fingerprint density at radius 1 is 1.29 bits per heavy atom. The van der Waals surface area contributed by atoms with Crippen LogP contribution >= 0.6 is 0 Å². The molecule has 0 spiro atoms. The number of carbonyl (C=O) groups excluding carboxylic acids is 1. The van der Waals surface area contributed by atoms with Crippen molar-refractivity contribution in [3.63, 3.8) is 0 Å². The summed E-state index contributed by atoms with van der Waals surface area (Å²) in [7, 11) is 3.63. The van der Waals surface area contributed by atoms with Crippen LogP contribution in [0.15, 0.2) is 24.7 Å². The molecule has 10 nitrogen and oxygen atoms in total. The van der Waals surface area contributed by atoms with E-state index >= 15 is 0 Å². The number of nitrogens with zero attached hydrogens (tertiary/aromatic N) is 6. The average molecular weight is 389 g/mol. The van der Waals surface area contributed by atoms with E-state index in [0.29, 0.717) is 11.8 Å². The van der Waals surface area contributed by atoms with E-state index < -0.39 is 18.0 Å². The zero-order valence-corrected chi connectivity index (χ0v) is 15.4. The summed E-state index contributed by atoms with van der Waals surface area (Å²) < 4.78 is 14.0. The first-order valence-electron chi connectivity index (χ1n) is 8.59. The molecule has 3 rings (SSSR count). The molecule has 1 saturated heterocycles. The minimum absolute atomic E-state index is 0.0109. The number of nitrogens with one attached hydrogen (secondary N) is 1. The minimum Gasteiger partial charge on any atom is -0.476 e. The molecule has 1 amide bonds.